The minimum absolute atomic E-state index is 0.0221. The van der Waals surface area contributed by atoms with E-state index in [0.717, 1.165) is 36.1 Å². The van der Waals surface area contributed by atoms with Gasteiger partial charge in [0.25, 0.3) is 0 Å². The molecule has 2 unspecified atom stereocenters. The Balaban J connectivity index is 1.86. The van der Waals surface area contributed by atoms with Crippen molar-refractivity contribution in [2.45, 2.75) is 55.5 Å². The van der Waals surface area contributed by atoms with Crippen molar-refractivity contribution >= 4 is 5.78 Å². The van der Waals surface area contributed by atoms with Crippen molar-refractivity contribution in [1.82, 2.24) is 4.90 Å². The van der Waals surface area contributed by atoms with Crippen LogP contribution in [-0.2, 0) is 23.2 Å². The van der Waals surface area contributed by atoms with Crippen LogP contribution < -0.4 is 4.74 Å². The summed E-state index contributed by atoms with van der Waals surface area (Å²) in [7, 11) is 2.06. The van der Waals surface area contributed by atoms with Crippen molar-refractivity contribution in [1.29, 1.82) is 0 Å². The fourth-order valence-corrected chi connectivity index (χ4v) is 5.73. The quantitative estimate of drug-likeness (QED) is 0.791. The zero-order valence-corrected chi connectivity index (χ0v) is 13.2. The largest absolute Gasteiger partial charge is 0.481 e. The summed E-state index contributed by atoms with van der Waals surface area (Å²) < 4.78 is 6.13. The molecule has 2 N–H and O–H groups in total. The standard InChI is InChI=1S/C18H21NO4/c1-19-7-6-17-14-10-2-3-11(9-20)15(14)23-16(17)12(21)4-5-18(17,22)13(19)8-10/h2-3,13,16,20,22H,4-9H2,1H3/t13-,16?,17?,18-/m1/s1. The summed E-state index contributed by atoms with van der Waals surface area (Å²) in [4.78, 5) is 14.9. The zero-order chi connectivity index (χ0) is 16.0. The summed E-state index contributed by atoms with van der Waals surface area (Å²) in [6.07, 6.45) is 1.77. The van der Waals surface area contributed by atoms with Crippen LogP contribution in [0.15, 0.2) is 12.1 Å². The van der Waals surface area contributed by atoms with Crippen LogP contribution in [0.3, 0.4) is 0 Å². The lowest BCUT2D eigenvalue weighted by Crippen LogP contribution is -2.76. The number of ketones is 1. The maximum atomic E-state index is 12.6. The highest BCUT2D eigenvalue weighted by Crippen LogP contribution is 2.63. The number of likely N-dealkylation sites (N-methyl/N-ethyl adjacent to an activating group) is 1. The molecule has 0 amide bonds. The van der Waals surface area contributed by atoms with Crippen LogP contribution in [0.25, 0.3) is 0 Å². The molecule has 1 saturated heterocycles. The Bertz CT molecular complexity index is 732. The highest BCUT2D eigenvalue weighted by molar-refractivity contribution is 5.89. The molecule has 122 valence electrons. The maximum Gasteiger partial charge on any atom is 0.174 e. The van der Waals surface area contributed by atoms with Crippen molar-refractivity contribution in [3.05, 3.63) is 28.8 Å². The van der Waals surface area contributed by atoms with Crippen LogP contribution in [-0.4, -0.2) is 52.2 Å². The molecule has 23 heavy (non-hydrogen) atoms. The Kier molecular flexibility index (Phi) is 2.52. The first kappa shape index (κ1) is 14.0. The number of aliphatic hydroxyl groups is 2. The number of carbonyl (C=O) groups excluding carboxylic acids is 1. The number of piperidine rings is 1. The molecule has 2 aliphatic carbocycles. The molecule has 5 heteroatoms. The van der Waals surface area contributed by atoms with Gasteiger partial charge in [0.1, 0.15) is 5.75 Å². The Morgan fingerprint density at radius 3 is 3.00 bits per heavy atom. The second-order valence-electron chi connectivity index (χ2n) is 7.56. The fraction of sp³-hybridized carbons (Fsp3) is 0.611. The molecule has 2 fully saturated rings. The Hall–Kier alpha value is -1.43. The SMILES string of the molecule is CN1CCC23c4c5ccc(CO)c4OC2C(=O)CC[C@@]3(O)[C@H]1C5. The van der Waals surface area contributed by atoms with Gasteiger partial charge in [0.15, 0.2) is 11.9 Å². The van der Waals surface area contributed by atoms with Crippen molar-refractivity contribution in [2.75, 3.05) is 13.6 Å². The Morgan fingerprint density at radius 1 is 1.39 bits per heavy atom. The molecule has 4 atom stereocenters. The van der Waals surface area contributed by atoms with E-state index in [1.165, 1.54) is 0 Å². The third-order valence-corrected chi connectivity index (χ3v) is 6.80. The smallest absolute Gasteiger partial charge is 0.174 e. The van der Waals surface area contributed by atoms with Crippen molar-refractivity contribution in [2.24, 2.45) is 0 Å². The van der Waals surface area contributed by atoms with Gasteiger partial charge in [0.2, 0.25) is 0 Å². The highest BCUT2D eigenvalue weighted by Gasteiger charge is 2.72. The van der Waals surface area contributed by atoms with Crippen molar-refractivity contribution in [3.8, 4) is 5.75 Å². The minimum atomic E-state index is -0.926. The molecule has 2 bridgehead atoms. The first-order chi connectivity index (χ1) is 11.0. The van der Waals surface area contributed by atoms with E-state index in [-0.39, 0.29) is 18.4 Å². The number of likely N-dealkylation sites (tertiary alicyclic amines) is 1. The Labute approximate surface area is 134 Å². The fourth-order valence-electron chi connectivity index (χ4n) is 5.73. The van der Waals surface area contributed by atoms with Crippen LogP contribution >= 0.6 is 0 Å². The number of nitrogens with zero attached hydrogens (tertiary/aromatic N) is 1. The van der Waals surface area contributed by atoms with Crippen molar-refractivity contribution < 1.29 is 19.7 Å². The van der Waals surface area contributed by atoms with Gasteiger partial charge in [-0.15, -0.1) is 0 Å². The molecule has 2 aliphatic heterocycles. The Morgan fingerprint density at radius 2 is 2.22 bits per heavy atom. The number of Topliss-reactive ketones (excluding diaryl/α,β-unsaturated/α-hetero) is 1. The summed E-state index contributed by atoms with van der Waals surface area (Å²) in [6.45, 7) is 0.740. The maximum absolute atomic E-state index is 12.6. The summed E-state index contributed by atoms with van der Waals surface area (Å²) in [5, 5.41) is 21.4. The van der Waals surface area contributed by atoms with E-state index in [1.54, 1.807) is 0 Å². The van der Waals surface area contributed by atoms with Gasteiger partial charge in [-0.05, 0) is 38.4 Å². The number of benzene rings is 1. The summed E-state index contributed by atoms with van der Waals surface area (Å²) in [5.41, 5.74) is 1.34. The molecule has 0 radical (unpaired) electrons. The lowest BCUT2D eigenvalue weighted by atomic mass is 9.49. The van der Waals surface area contributed by atoms with Gasteiger partial charge in [0.05, 0.1) is 17.6 Å². The van der Waals surface area contributed by atoms with Gasteiger partial charge in [0, 0.05) is 23.6 Å². The topological polar surface area (TPSA) is 70.0 Å². The number of ether oxygens (including phenoxy) is 1. The molecule has 1 saturated carbocycles. The van der Waals surface area contributed by atoms with Crippen LogP contribution in [0.5, 0.6) is 5.75 Å². The van der Waals surface area contributed by atoms with Crippen LogP contribution in [0.4, 0.5) is 0 Å². The molecular weight excluding hydrogens is 294 g/mol. The van der Waals surface area contributed by atoms with Crippen LogP contribution in [0, 0.1) is 0 Å². The molecule has 2 heterocycles. The highest BCUT2D eigenvalue weighted by atomic mass is 16.5. The number of aliphatic hydroxyl groups excluding tert-OH is 1. The van der Waals surface area contributed by atoms with Gasteiger partial charge in [-0.25, -0.2) is 0 Å². The number of rotatable bonds is 1. The van der Waals surface area contributed by atoms with E-state index < -0.39 is 17.1 Å². The van der Waals surface area contributed by atoms with Crippen molar-refractivity contribution in [3.63, 3.8) is 0 Å². The number of carbonyl (C=O) groups is 1. The predicted octanol–water partition coefficient (Wildman–Crippen LogP) is 0.532. The molecular formula is C18H21NO4. The van der Waals surface area contributed by atoms with Gasteiger partial charge >= 0.3 is 0 Å². The second kappa shape index (κ2) is 4.15. The minimum Gasteiger partial charge on any atom is -0.481 e. The molecule has 5 rings (SSSR count). The van der Waals surface area contributed by atoms with E-state index in [9.17, 15) is 15.0 Å². The van der Waals surface area contributed by atoms with Gasteiger partial charge in [-0.1, -0.05) is 12.1 Å². The van der Waals surface area contributed by atoms with Gasteiger partial charge in [-0.3, -0.25) is 4.79 Å². The first-order valence-electron chi connectivity index (χ1n) is 8.41. The molecule has 0 aromatic heterocycles. The first-order valence-corrected chi connectivity index (χ1v) is 8.41. The van der Waals surface area contributed by atoms with E-state index in [0.29, 0.717) is 18.6 Å². The van der Waals surface area contributed by atoms with Crippen LogP contribution in [0.2, 0.25) is 0 Å². The molecule has 1 aromatic carbocycles. The average Bonchev–Trinajstić information content (AvgIpc) is 2.90. The van der Waals surface area contributed by atoms with E-state index in [1.807, 2.05) is 12.1 Å². The molecule has 1 aromatic rings. The number of hydrogen-bond donors (Lipinski definition) is 2. The molecule has 5 nitrogen and oxygen atoms in total. The third-order valence-electron chi connectivity index (χ3n) is 6.80. The summed E-state index contributed by atoms with van der Waals surface area (Å²) >= 11 is 0. The number of hydrogen-bond acceptors (Lipinski definition) is 5. The zero-order valence-electron chi connectivity index (χ0n) is 13.2. The predicted molar refractivity (Wildman–Crippen MR) is 82.4 cm³/mol. The molecule has 4 aliphatic rings. The lowest BCUT2D eigenvalue weighted by molar-refractivity contribution is -0.185. The lowest BCUT2D eigenvalue weighted by Gasteiger charge is -2.62. The average molecular weight is 315 g/mol. The summed E-state index contributed by atoms with van der Waals surface area (Å²) in [5.74, 6) is 0.748. The normalized spacial score (nSPS) is 40.7. The van der Waals surface area contributed by atoms with Gasteiger partial charge < -0.3 is 19.8 Å². The van der Waals surface area contributed by atoms with Gasteiger partial charge in [-0.2, -0.15) is 0 Å². The monoisotopic (exact) mass is 315 g/mol. The van der Waals surface area contributed by atoms with E-state index in [2.05, 4.69) is 11.9 Å². The van der Waals surface area contributed by atoms with E-state index in [4.69, 9.17) is 4.74 Å². The van der Waals surface area contributed by atoms with Crippen LogP contribution in [0.1, 0.15) is 36.0 Å². The van der Waals surface area contributed by atoms with E-state index >= 15 is 0 Å². The third kappa shape index (κ3) is 1.35. The summed E-state index contributed by atoms with van der Waals surface area (Å²) in [6, 6.07) is 3.96. The second-order valence-corrected chi connectivity index (χ2v) is 7.56. The molecule has 1 spiro atoms.